The third kappa shape index (κ3) is 5.89. The number of rotatable bonds is 7. The molecular weight excluding hydrogens is 362 g/mol. The van der Waals surface area contributed by atoms with Crippen LogP contribution in [-0.4, -0.2) is 32.3 Å². The van der Waals surface area contributed by atoms with E-state index in [-0.39, 0.29) is 16.8 Å². The SMILES string of the molecule is CC(C)c1ccc(CN(C)C(C)C(=O)Nc2ccc(S(N)(=O)=O)cc2)cc1. The highest BCUT2D eigenvalue weighted by Gasteiger charge is 2.18. The first-order valence-corrected chi connectivity index (χ1v) is 10.4. The summed E-state index contributed by atoms with van der Waals surface area (Å²) in [5.41, 5.74) is 2.95. The molecule has 6 nitrogen and oxygen atoms in total. The number of nitrogens with two attached hydrogens (primary N) is 1. The number of primary sulfonamides is 1. The molecule has 0 radical (unpaired) electrons. The zero-order valence-corrected chi connectivity index (χ0v) is 17.0. The van der Waals surface area contributed by atoms with Crippen molar-refractivity contribution in [3.63, 3.8) is 0 Å². The van der Waals surface area contributed by atoms with Crippen molar-refractivity contribution in [3.8, 4) is 0 Å². The Morgan fingerprint density at radius 1 is 1.04 bits per heavy atom. The van der Waals surface area contributed by atoms with Crippen LogP contribution in [0.3, 0.4) is 0 Å². The van der Waals surface area contributed by atoms with Crippen LogP contribution in [0.2, 0.25) is 0 Å². The van der Waals surface area contributed by atoms with Gasteiger partial charge in [-0.3, -0.25) is 9.69 Å². The van der Waals surface area contributed by atoms with Gasteiger partial charge in [0, 0.05) is 12.2 Å². The molecule has 0 aliphatic rings. The number of sulfonamides is 1. The minimum Gasteiger partial charge on any atom is -0.325 e. The van der Waals surface area contributed by atoms with Crippen LogP contribution in [0.4, 0.5) is 5.69 Å². The molecule has 0 heterocycles. The van der Waals surface area contributed by atoms with E-state index in [4.69, 9.17) is 5.14 Å². The average Bonchev–Trinajstić information content (AvgIpc) is 2.61. The lowest BCUT2D eigenvalue weighted by Crippen LogP contribution is -2.39. The summed E-state index contributed by atoms with van der Waals surface area (Å²) in [4.78, 5) is 14.4. The number of amides is 1. The molecule has 0 saturated carbocycles. The van der Waals surface area contributed by atoms with Crippen molar-refractivity contribution < 1.29 is 13.2 Å². The second-order valence-corrected chi connectivity index (χ2v) is 8.61. The maximum Gasteiger partial charge on any atom is 0.241 e. The van der Waals surface area contributed by atoms with Gasteiger partial charge in [0.15, 0.2) is 0 Å². The fourth-order valence-electron chi connectivity index (χ4n) is 2.61. The third-order valence-corrected chi connectivity index (χ3v) is 5.50. The second kappa shape index (κ2) is 8.65. The van der Waals surface area contributed by atoms with Gasteiger partial charge >= 0.3 is 0 Å². The van der Waals surface area contributed by atoms with Crippen LogP contribution >= 0.6 is 0 Å². The minimum atomic E-state index is -3.74. The molecule has 2 aromatic carbocycles. The molecule has 3 N–H and O–H groups in total. The smallest absolute Gasteiger partial charge is 0.241 e. The number of hydrogen-bond acceptors (Lipinski definition) is 4. The molecule has 1 unspecified atom stereocenters. The predicted molar refractivity (Wildman–Crippen MR) is 108 cm³/mol. The van der Waals surface area contributed by atoms with E-state index in [9.17, 15) is 13.2 Å². The maximum absolute atomic E-state index is 12.5. The van der Waals surface area contributed by atoms with Crippen LogP contribution in [0.5, 0.6) is 0 Å². The van der Waals surface area contributed by atoms with Gasteiger partial charge in [0.05, 0.1) is 10.9 Å². The molecule has 146 valence electrons. The van der Waals surface area contributed by atoms with Crippen molar-refractivity contribution in [2.45, 2.75) is 44.2 Å². The van der Waals surface area contributed by atoms with Gasteiger partial charge in [0.25, 0.3) is 0 Å². The van der Waals surface area contributed by atoms with Gasteiger partial charge in [-0.15, -0.1) is 0 Å². The lowest BCUT2D eigenvalue weighted by molar-refractivity contribution is -0.120. The van der Waals surface area contributed by atoms with E-state index in [2.05, 4.69) is 43.4 Å². The van der Waals surface area contributed by atoms with Crippen molar-refractivity contribution in [2.24, 2.45) is 5.14 Å². The zero-order chi connectivity index (χ0) is 20.2. The van der Waals surface area contributed by atoms with E-state index in [0.717, 1.165) is 5.56 Å². The van der Waals surface area contributed by atoms with E-state index in [0.29, 0.717) is 18.2 Å². The van der Waals surface area contributed by atoms with Crippen molar-refractivity contribution in [2.75, 3.05) is 12.4 Å². The number of nitrogens with zero attached hydrogens (tertiary/aromatic N) is 1. The largest absolute Gasteiger partial charge is 0.325 e. The van der Waals surface area contributed by atoms with Crippen LogP contribution in [0.1, 0.15) is 37.8 Å². The molecule has 2 aromatic rings. The Balaban J connectivity index is 1.97. The monoisotopic (exact) mass is 389 g/mol. The van der Waals surface area contributed by atoms with Crippen LogP contribution in [0, 0.1) is 0 Å². The summed E-state index contributed by atoms with van der Waals surface area (Å²) in [7, 11) is -1.85. The topological polar surface area (TPSA) is 92.5 Å². The Morgan fingerprint density at radius 3 is 2.07 bits per heavy atom. The summed E-state index contributed by atoms with van der Waals surface area (Å²) >= 11 is 0. The van der Waals surface area contributed by atoms with Gasteiger partial charge in [-0.1, -0.05) is 38.1 Å². The normalized spacial score (nSPS) is 13.0. The van der Waals surface area contributed by atoms with Gasteiger partial charge in [0.2, 0.25) is 15.9 Å². The molecular formula is C20H27N3O3S. The third-order valence-electron chi connectivity index (χ3n) is 4.57. The van der Waals surface area contributed by atoms with E-state index >= 15 is 0 Å². The number of anilines is 1. The fraction of sp³-hybridized carbons (Fsp3) is 0.350. The highest BCUT2D eigenvalue weighted by atomic mass is 32.2. The van der Waals surface area contributed by atoms with Crippen LogP contribution in [0.25, 0.3) is 0 Å². The van der Waals surface area contributed by atoms with Crippen molar-refractivity contribution in [1.29, 1.82) is 0 Å². The van der Waals surface area contributed by atoms with Crippen LogP contribution in [0.15, 0.2) is 53.4 Å². The van der Waals surface area contributed by atoms with Gasteiger partial charge in [-0.05, 0) is 55.3 Å². The van der Waals surface area contributed by atoms with Gasteiger partial charge in [-0.25, -0.2) is 13.6 Å². The number of carbonyl (C=O) groups excluding carboxylic acids is 1. The van der Waals surface area contributed by atoms with Gasteiger partial charge in [-0.2, -0.15) is 0 Å². The van der Waals surface area contributed by atoms with Crippen LogP contribution in [-0.2, 0) is 21.4 Å². The number of hydrogen-bond donors (Lipinski definition) is 2. The number of nitrogens with one attached hydrogen (secondary N) is 1. The fourth-order valence-corrected chi connectivity index (χ4v) is 3.12. The first-order chi connectivity index (χ1) is 12.6. The van der Waals surface area contributed by atoms with Crippen molar-refractivity contribution in [3.05, 3.63) is 59.7 Å². The molecule has 1 amide bonds. The summed E-state index contributed by atoms with van der Waals surface area (Å²) in [6.07, 6.45) is 0. The standard InChI is InChI=1S/C20H27N3O3S/c1-14(2)17-7-5-16(6-8-17)13-23(4)15(3)20(24)22-18-9-11-19(12-10-18)27(21,25)26/h5-12,14-15H,13H2,1-4H3,(H,22,24)(H2,21,25,26). The Labute approximate surface area is 161 Å². The molecule has 0 spiro atoms. The molecule has 0 saturated heterocycles. The molecule has 2 rings (SSSR count). The Bertz CT molecular complexity index is 876. The average molecular weight is 390 g/mol. The molecule has 0 bridgehead atoms. The maximum atomic E-state index is 12.5. The van der Waals surface area contributed by atoms with Crippen molar-refractivity contribution >= 4 is 21.6 Å². The van der Waals surface area contributed by atoms with E-state index < -0.39 is 10.0 Å². The van der Waals surface area contributed by atoms with Crippen molar-refractivity contribution in [1.82, 2.24) is 4.90 Å². The Morgan fingerprint density at radius 2 is 1.59 bits per heavy atom. The van der Waals surface area contributed by atoms with Gasteiger partial charge < -0.3 is 5.32 Å². The molecule has 0 aliphatic heterocycles. The molecule has 7 heteroatoms. The summed E-state index contributed by atoms with van der Waals surface area (Å²) in [5.74, 6) is 0.321. The number of benzene rings is 2. The lowest BCUT2D eigenvalue weighted by atomic mass is 10.0. The lowest BCUT2D eigenvalue weighted by Gasteiger charge is -2.24. The summed E-state index contributed by atoms with van der Waals surface area (Å²) in [6, 6.07) is 13.8. The van der Waals surface area contributed by atoms with E-state index in [1.807, 2.05) is 18.9 Å². The highest BCUT2D eigenvalue weighted by molar-refractivity contribution is 7.89. The van der Waals surface area contributed by atoms with E-state index in [1.165, 1.54) is 29.8 Å². The molecule has 0 aliphatic carbocycles. The Hall–Kier alpha value is -2.22. The molecule has 1 atom stereocenters. The number of likely N-dealkylation sites (N-methyl/N-ethyl adjacent to an activating group) is 1. The number of carbonyl (C=O) groups is 1. The Kier molecular flexibility index (Phi) is 6.75. The first-order valence-electron chi connectivity index (χ1n) is 8.80. The predicted octanol–water partition coefficient (Wildman–Crippen LogP) is 2.92. The minimum absolute atomic E-state index is 0.00973. The quantitative estimate of drug-likeness (QED) is 0.761. The van der Waals surface area contributed by atoms with Gasteiger partial charge in [0.1, 0.15) is 0 Å². The molecule has 0 fully saturated rings. The van der Waals surface area contributed by atoms with E-state index in [1.54, 1.807) is 0 Å². The first kappa shape index (κ1) is 21.1. The molecule has 27 heavy (non-hydrogen) atoms. The second-order valence-electron chi connectivity index (χ2n) is 7.05. The summed E-state index contributed by atoms with van der Waals surface area (Å²) < 4.78 is 22.6. The highest BCUT2D eigenvalue weighted by Crippen LogP contribution is 2.17. The zero-order valence-electron chi connectivity index (χ0n) is 16.1. The van der Waals surface area contributed by atoms with Crippen LogP contribution < -0.4 is 10.5 Å². The summed E-state index contributed by atoms with van der Waals surface area (Å²) in [5, 5.41) is 7.87. The summed E-state index contributed by atoms with van der Waals surface area (Å²) in [6.45, 7) is 6.79. The molecule has 0 aromatic heterocycles.